The van der Waals surface area contributed by atoms with Crippen LogP contribution in [0.1, 0.15) is 65.7 Å². The second-order valence-electron chi connectivity index (χ2n) is 12.1. The van der Waals surface area contributed by atoms with E-state index in [1.54, 1.807) is 10.9 Å². The molecule has 4 aliphatic rings. The Hall–Kier alpha value is -3.87. The van der Waals surface area contributed by atoms with Crippen LogP contribution in [0.5, 0.6) is 5.75 Å². The zero-order valence-corrected chi connectivity index (χ0v) is 22.6. The van der Waals surface area contributed by atoms with Crippen LogP contribution in [0.4, 0.5) is 5.69 Å². The van der Waals surface area contributed by atoms with Gasteiger partial charge in [0, 0.05) is 11.6 Å². The maximum Gasteiger partial charge on any atom is 0.259 e. The third kappa shape index (κ3) is 4.54. The van der Waals surface area contributed by atoms with Crippen molar-refractivity contribution in [2.24, 2.45) is 17.8 Å². The highest BCUT2D eigenvalue weighted by Crippen LogP contribution is 2.61. The summed E-state index contributed by atoms with van der Waals surface area (Å²) in [5, 5.41) is 12.6. The number of hydrogen-bond donors (Lipinski definition) is 1. The smallest absolute Gasteiger partial charge is 0.259 e. The molecule has 4 bridgehead atoms. The van der Waals surface area contributed by atoms with E-state index in [0.29, 0.717) is 11.3 Å². The number of carbonyl (C=O) groups excluding carboxylic acids is 1. The quantitative estimate of drug-likeness (QED) is 0.304. The van der Waals surface area contributed by atoms with Crippen molar-refractivity contribution in [2.45, 2.75) is 64.5 Å². The Bertz CT molecular complexity index is 1480. The minimum atomic E-state index is -0.127. The largest absolute Gasteiger partial charge is 0.471 e. The topological polar surface area (TPSA) is 74.0 Å². The van der Waals surface area contributed by atoms with E-state index in [0.717, 1.165) is 59.7 Å². The number of nitrogens with zero attached hydrogens (tertiary/aromatic N) is 4. The average molecular weight is 522 g/mol. The van der Waals surface area contributed by atoms with Crippen LogP contribution >= 0.6 is 0 Å². The molecule has 1 N–H and O–H groups in total. The van der Waals surface area contributed by atoms with Crippen LogP contribution in [-0.4, -0.2) is 25.5 Å². The predicted molar refractivity (Wildman–Crippen MR) is 150 cm³/mol. The zero-order valence-electron chi connectivity index (χ0n) is 22.6. The van der Waals surface area contributed by atoms with E-state index in [4.69, 9.17) is 9.84 Å². The molecule has 2 heterocycles. The van der Waals surface area contributed by atoms with Gasteiger partial charge in [-0.25, -0.2) is 9.36 Å². The first kappa shape index (κ1) is 24.2. The Morgan fingerprint density at radius 1 is 1.00 bits per heavy atom. The standard InChI is InChI=1S/C32H35N5O2/c1-21-8-9-29(22(2)10-21)39-20-36-18-26(17-33-36)34-31(38)28-19-37(27-6-4-3-5-7-27)35-30(28)32-14-23-11-24(15-32)13-25(12-23)16-32/h3-10,17-19,23-25H,11-16,20H2,1-2H3,(H,34,38). The van der Waals surface area contributed by atoms with Gasteiger partial charge in [-0.1, -0.05) is 35.9 Å². The Morgan fingerprint density at radius 2 is 1.72 bits per heavy atom. The van der Waals surface area contributed by atoms with Crippen LogP contribution in [0.3, 0.4) is 0 Å². The van der Waals surface area contributed by atoms with Crippen molar-refractivity contribution in [3.63, 3.8) is 0 Å². The molecule has 4 aliphatic carbocycles. The van der Waals surface area contributed by atoms with Crippen molar-refractivity contribution in [3.8, 4) is 11.4 Å². The molecule has 8 rings (SSSR count). The number of carbonyl (C=O) groups is 1. The molecule has 2 aromatic heterocycles. The summed E-state index contributed by atoms with van der Waals surface area (Å²) in [5.74, 6) is 3.01. The lowest BCUT2D eigenvalue weighted by atomic mass is 9.48. The number of ether oxygens (including phenoxy) is 1. The van der Waals surface area contributed by atoms with Gasteiger partial charge < -0.3 is 10.1 Å². The Kier molecular flexibility index (Phi) is 5.83. The molecule has 4 saturated carbocycles. The van der Waals surface area contributed by atoms with Gasteiger partial charge in [0.1, 0.15) is 5.75 Å². The lowest BCUT2D eigenvalue weighted by molar-refractivity contribution is -0.00765. The second-order valence-corrected chi connectivity index (χ2v) is 12.1. The first-order chi connectivity index (χ1) is 18.9. The molecular formula is C32H35N5O2. The fourth-order valence-corrected chi connectivity index (χ4v) is 7.84. The van der Waals surface area contributed by atoms with Crippen molar-refractivity contribution in [2.75, 3.05) is 5.32 Å². The summed E-state index contributed by atoms with van der Waals surface area (Å²) in [6.07, 6.45) is 12.9. The predicted octanol–water partition coefficient (Wildman–Crippen LogP) is 6.44. The second kappa shape index (κ2) is 9.40. The molecule has 4 fully saturated rings. The third-order valence-corrected chi connectivity index (χ3v) is 9.09. The normalized spacial score (nSPS) is 25.1. The molecule has 2 aromatic carbocycles. The van der Waals surface area contributed by atoms with Gasteiger partial charge in [-0.15, -0.1) is 0 Å². The molecule has 0 radical (unpaired) electrons. The van der Waals surface area contributed by atoms with E-state index in [2.05, 4.69) is 23.4 Å². The molecule has 0 unspecified atom stereocenters. The first-order valence-electron chi connectivity index (χ1n) is 14.1. The van der Waals surface area contributed by atoms with Crippen LogP contribution in [0.15, 0.2) is 67.1 Å². The van der Waals surface area contributed by atoms with Gasteiger partial charge in [-0.05, 0) is 93.9 Å². The molecule has 0 saturated heterocycles. The molecule has 1 amide bonds. The van der Waals surface area contributed by atoms with Crippen LogP contribution in [0.2, 0.25) is 0 Å². The molecule has 7 heteroatoms. The van der Waals surface area contributed by atoms with E-state index in [1.165, 1.54) is 24.8 Å². The molecular weight excluding hydrogens is 486 g/mol. The molecule has 0 spiro atoms. The Labute approximate surface area is 229 Å². The van der Waals surface area contributed by atoms with Gasteiger partial charge in [-0.3, -0.25) is 4.79 Å². The molecule has 0 atom stereocenters. The van der Waals surface area contributed by atoms with Crippen molar-refractivity contribution < 1.29 is 9.53 Å². The lowest BCUT2D eigenvalue weighted by Gasteiger charge is -2.56. The highest BCUT2D eigenvalue weighted by Gasteiger charge is 2.53. The first-order valence-corrected chi connectivity index (χ1v) is 14.1. The number of hydrogen-bond acceptors (Lipinski definition) is 4. The summed E-state index contributed by atoms with van der Waals surface area (Å²) in [6.45, 7) is 4.37. The molecule has 4 aromatic rings. The van der Waals surface area contributed by atoms with Crippen molar-refractivity contribution in [1.29, 1.82) is 0 Å². The lowest BCUT2D eigenvalue weighted by Crippen LogP contribution is -2.49. The van der Waals surface area contributed by atoms with Gasteiger partial charge in [0.15, 0.2) is 6.73 Å². The summed E-state index contributed by atoms with van der Waals surface area (Å²) in [6, 6.07) is 16.2. The van der Waals surface area contributed by atoms with E-state index < -0.39 is 0 Å². The van der Waals surface area contributed by atoms with Crippen LogP contribution in [0.25, 0.3) is 5.69 Å². The van der Waals surface area contributed by atoms with Crippen molar-refractivity contribution >= 4 is 11.6 Å². The minimum Gasteiger partial charge on any atom is -0.471 e. The number of nitrogens with one attached hydrogen (secondary N) is 1. The summed E-state index contributed by atoms with van der Waals surface area (Å²) < 4.78 is 9.55. The molecule has 0 aliphatic heterocycles. The summed E-state index contributed by atoms with van der Waals surface area (Å²) in [5.41, 5.74) is 5.57. The van der Waals surface area contributed by atoms with Crippen molar-refractivity contribution in [1.82, 2.24) is 19.6 Å². The number of aryl methyl sites for hydroxylation is 2. The van der Waals surface area contributed by atoms with Crippen LogP contribution in [0, 0.1) is 31.6 Å². The zero-order chi connectivity index (χ0) is 26.6. The van der Waals surface area contributed by atoms with Gasteiger partial charge in [0.2, 0.25) is 0 Å². The maximum absolute atomic E-state index is 13.8. The van der Waals surface area contributed by atoms with Gasteiger partial charge in [-0.2, -0.15) is 10.2 Å². The molecule has 39 heavy (non-hydrogen) atoms. The van der Waals surface area contributed by atoms with Gasteiger partial charge >= 0.3 is 0 Å². The molecule has 7 nitrogen and oxygen atoms in total. The highest BCUT2D eigenvalue weighted by atomic mass is 16.5. The van der Waals surface area contributed by atoms with Gasteiger partial charge in [0.25, 0.3) is 5.91 Å². The number of benzene rings is 2. The SMILES string of the molecule is Cc1ccc(OCn2cc(NC(=O)c3cn(-c4ccccc4)nc3C34CC5CC(CC(C5)C3)C4)cn2)c(C)c1. The summed E-state index contributed by atoms with van der Waals surface area (Å²) >= 11 is 0. The fraction of sp³-hybridized carbons (Fsp3) is 0.406. The van der Waals surface area contributed by atoms with E-state index in [-0.39, 0.29) is 18.1 Å². The monoisotopic (exact) mass is 521 g/mol. The maximum atomic E-state index is 13.8. The van der Waals surface area contributed by atoms with E-state index in [1.807, 2.05) is 66.5 Å². The van der Waals surface area contributed by atoms with Gasteiger partial charge in [0.05, 0.1) is 35.0 Å². The number of rotatable bonds is 7. The number of anilines is 1. The number of para-hydroxylation sites is 1. The molecule has 200 valence electrons. The van der Waals surface area contributed by atoms with Crippen LogP contribution < -0.4 is 10.1 Å². The summed E-state index contributed by atoms with van der Waals surface area (Å²) in [4.78, 5) is 13.8. The number of aromatic nitrogens is 4. The minimum absolute atomic E-state index is 0.00533. The fourth-order valence-electron chi connectivity index (χ4n) is 7.84. The van der Waals surface area contributed by atoms with E-state index in [9.17, 15) is 4.79 Å². The summed E-state index contributed by atoms with van der Waals surface area (Å²) in [7, 11) is 0. The number of amides is 1. The van der Waals surface area contributed by atoms with Crippen LogP contribution in [-0.2, 0) is 12.1 Å². The van der Waals surface area contributed by atoms with E-state index >= 15 is 0 Å². The Balaban J connectivity index is 1.14. The Morgan fingerprint density at radius 3 is 2.41 bits per heavy atom. The van der Waals surface area contributed by atoms with Crippen molar-refractivity contribution in [3.05, 3.63) is 89.5 Å². The highest BCUT2D eigenvalue weighted by molar-refractivity contribution is 6.05. The third-order valence-electron chi connectivity index (χ3n) is 9.09. The average Bonchev–Trinajstić information content (AvgIpc) is 3.56.